The third-order valence-corrected chi connectivity index (χ3v) is 1.91. The number of alkyl halides is 3. The molecule has 0 aromatic carbocycles. The second kappa shape index (κ2) is 3.99. The number of aromatic carboxylic acids is 1. The van der Waals surface area contributed by atoms with Gasteiger partial charge in [-0.2, -0.15) is 13.2 Å². The lowest BCUT2D eigenvalue weighted by Crippen LogP contribution is -2.13. The molecular weight excluding hydrogens is 227 g/mol. The van der Waals surface area contributed by atoms with Gasteiger partial charge in [-0.05, 0) is 13.0 Å². The molecule has 88 valence electrons. The average molecular weight is 235 g/mol. The summed E-state index contributed by atoms with van der Waals surface area (Å²) >= 11 is 0. The lowest BCUT2D eigenvalue weighted by molar-refractivity contribution is -0.139. The van der Waals surface area contributed by atoms with E-state index in [4.69, 9.17) is 5.11 Å². The molecule has 0 amide bonds. The highest BCUT2D eigenvalue weighted by Gasteiger charge is 2.36. The average Bonchev–Trinajstić information content (AvgIpc) is 2.14. The number of pyridine rings is 1. The third kappa shape index (κ3) is 2.23. The molecule has 1 aromatic heterocycles. The summed E-state index contributed by atoms with van der Waals surface area (Å²) in [6.07, 6.45) is -4.70. The highest BCUT2D eigenvalue weighted by Crippen LogP contribution is 2.36. The third-order valence-electron chi connectivity index (χ3n) is 1.91. The van der Waals surface area contributed by atoms with Crippen LogP contribution >= 0.6 is 0 Å². The molecule has 1 N–H and O–H groups in total. The topological polar surface area (TPSA) is 59.4 Å². The molecule has 0 fully saturated rings. The van der Waals surface area contributed by atoms with Crippen LogP contribution < -0.4 is 4.74 Å². The smallest absolute Gasteiger partial charge is 0.421 e. The standard InChI is InChI=1S/C9H8F3NO3/c1-4-5(8(14)15)3-6(9(10,11)12)7(13-4)16-2/h3H,1-2H3,(H,14,15). The Balaban J connectivity index is 3.47. The molecule has 1 rings (SSSR count). The zero-order valence-electron chi connectivity index (χ0n) is 8.42. The molecule has 1 heterocycles. The molecule has 0 spiro atoms. The molecule has 0 atom stereocenters. The summed E-state index contributed by atoms with van der Waals surface area (Å²) in [6.45, 7) is 1.30. The SMILES string of the molecule is COc1nc(C)c(C(=O)O)cc1C(F)(F)F. The van der Waals surface area contributed by atoms with Crippen molar-refractivity contribution in [1.82, 2.24) is 4.98 Å². The Morgan fingerprint density at radius 1 is 1.50 bits per heavy atom. The first-order valence-corrected chi connectivity index (χ1v) is 4.13. The molecule has 1 aromatic rings. The van der Waals surface area contributed by atoms with Crippen molar-refractivity contribution in [3.8, 4) is 5.88 Å². The van der Waals surface area contributed by atoms with Crippen molar-refractivity contribution in [3.63, 3.8) is 0 Å². The van der Waals surface area contributed by atoms with Gasteiger partial charge >= 0.3 is 12.1 Å². The molecule has 0 aliphatic carbocycles. The normalized spacial score (nSPS) is 11.3. The van der Waals surface area contributed by atoms with Gasteiger partial charge in [0.2, 0.25) is 5.88 Å². The van der Waals surface area contributed by atoms with Gasteiger partial charge < -0.3 is 9.84 Å². The van der Waals surface area contributed by atoms with Crippen LogP contribution in [0, 0.1) is 6.92 Å². The van der Waals surface area contributed by atoms with E-state index in [9.17, 15) is 18.0 Å². The number of hydrogen-bond donors (Lipinski definition) is 1. The predicted octanol–water partition coefficient (Wildman–Crippen LogP) is 2.12. The monoisotopic (exact) mass is 235 g/mol. The van der Waals surface area contributed by atoms with Crippen LogP contribution in [0.3, 0.4) is 0 Å². The van der Waals surface area contributed by atoms with E-state index in [-0.39, 0.29) is 5.69 Å². The maximum atomic E-state index is 12.5. The fraction of sp³-hybridized carbons (Fsp3) is 0.333. The fourth-order valence-electron chi connectivity index (χ4n) is 1.16. The van der Waals surface area contributed by atoms with Gasteiger partial charge in [0.15, 0.2) is 0 Å². The van der Waals surface area contributed by atoms with Crippen molar-refractivity contribution in [2.75, 3.05) is 7.11 Å². The second-order valence-corrected chi connectivity index (χ2v) is 2.98. The maximum Gasteiger partial charge on any atom is 0.421 e. The highest BCUT2D eigenvalue weighted by atomic mass is 19.4. The number of aryl methyl sites for hydroxylation is 1. The Bertz CT molecular complexity index is 429. The van der Waals surface area contributed by atoms with E-state index < -0.39 is 29.2 Å². The first-order valence-electron chi connectivity index (χ1n) is 4.13. The van der Waals surface area contributed by atoms with Crippen molar-refractivity contribution in [3.05, 3.63) is 22.9 Å². The van der Waals surface area contributed by atoms with Gasteiger partial charge in [-0.15, -0.1) is 0 Å². The number of carboxylic acids is 1. The van der Waals surface area contributed by atoms with Crippen LogP contribution in [-0.4, -0.2) is 23.2 Å². The lowest BCUT2D eigenvalue weighted by atomic mass is 10.1. The quantitative estimate of drug-likeness (QED) is 0.852. The molecule has 0 bridgehead atoms. The molecule has 0 aliphatic heterocycles. The number of ether oxygens (including phenoxy) is 1. The minimum Gasteiger partial charge on any atom is -0.481 e. The summed E-state index contributed by atoms with van der Waals surface area (Å²) in [4.78, 5) is 14.1. The molecule has 0 unspecified atom stereocenters. The van der Waals surface area contributed by atoms with Crippen LogP contribution in [0.1, 0.15) is 21.6 Å². The van der Waals surface area contributed by atoms with Gasteiger partial charge in [0.05, 0.1) is 18.4 Å². The molecule has 0 aliphatic rings. The number of halogens is 3. The Kier molecular flexibility index (Phi) is 3.06. The zero-order valence-corrected chi connectivity index (χ0v) is 8.42. The van der Waals surface area contributed by atoms with E-state index in [1.807, 2.05) is 0 Å². The van der Waals surface area contributed by atoms with Gasteiger partial charge in [-0.25, -0.2) is 9.78 Å². The van der Waals surface area contributed by atoms with E-state index >= 15 is 0 Å². The van der Waals surface area contributed by atoms with Gasteiger partial charge in [-0.3, -0.25) is 0 Å². The number of carbonyl (C=O) groups is 1. The number of aromatic nitrogens is 1. The Hall–Kier alpha value is -1.79. The highest BCUT2D eigenvalue weighted by molar-refractivity contribution is 5.89. The van der Waals surface area contributed by atoms with Crippen LogP contribution in [0.25, 0.3) is 0 Å². The molecule has 7 heteroatoms. The van der Waals surface area contributed by atoms with E-state index in [1.165, 1.54) is 6.92 Å². The Labute approximate surface area is 88.7 Å². The van der Waals surface area contributed by atoms with Gasteiger partial charge in [0.1, 0.15) is 5.56 Å². The van der Waals surface area contributed by atoms with E-state index in [0.29, 0.717) is 6.07 Å². The molecule has 16 heavy (non-hydrogen) atoms. The summed E-state index contributed by atoms with van der Waals surface area (Å²) in [5.41, 5.74) is -1.72. The summed E-state index contributed by atoms with van der Waals surface area (Å²) in [5.74, 6) is -2.09. The number of nitrogens with zero attached hydrogens (tertiary/aromatic N) is 1. The second-order valence-electron chi connectivity index (χ2n) is 2.98. The molecule has 0 radical (unpaired) electrons. The number of carboxylic acid groups (broad SMARTS) is 1. The van der Waals surface area contributed by atoms with E-state index in [0.717, 1.165) is 7.11 Å². The Morgan fingerprint density at radius 2 is 2.06 bits per heavy atom. The lowest BCUT2D eigenvalue weighted by Gasteiger charge is -2.12. The summed E-state index contributed by atoms with van der Waals surface area (Å²) in [7, 11) is 1.04. The van der Waals surface area contributed by atoms with Crippen LogP contribution in [-0.2, 0) is 6.18 Å². The minimum absolute atomic E-state index is 0.0302. The van der Waals surface area contributed by atoms with Gasteiger partial charge in [-0.1, -0.05) is 0 Å². The fourth-order valence-corrected chi connectivity index (χ4v) is 1.16. The van der Waals surface area contributed by atoms with Crippen LogP contribution in [0.15, 0.2) is 6.07 Å². The number of methoxy groups -OCH3 is 1. The molecule has 4 nitrogen and oxygen atoms in total. The number of rotatable bonds is 2. The van der Waals surface area contributed by atoms with Crippen LogP contribution in [0.5, 0.6) is 5.88 Å². The van der Waals surface area contributed by atoms with Crippen molar-refractivity contribution in [1.29, 1.82) is 0 Å². The largest absolute Gasteiger partial charge is 0.481 e. The van der Waals surface area contributed by atoms with Gasteiger partial charge in [0, 0.05) is 0 Å². The Morgan fingerprint density at radius 3 is 2.44 bits per heavy atom. The number of hydrogen-bond acceptors (Lipinski definition) is 3. The first-order chi connectivity index (χ1) is 7.27. The van der Waals surface area contributed by atoms with Crippen molar-refractivity contribution < 1.29 is 27.8 Å². The van der Waals surface area contributed by atoms with Crippen molar-refractivity contribution >= 4 is 5.97 Å². The van der Waals surface area contributed by atoms with E-state index in [2.05, 4.69) is 9.72 Å². The van der Waals surface area contributed by atoms with Gasteiger partial charge in [0.25, 0.3) is 0 Å². The maximum absolute atomic E-state index is 12.5. The summed E-state index contributed by atoms with van der Waals surface area (Å²) < 4.78 is 42.0. The molecule has 0 saturated carbocycles. The van der Waals surface area contributed by atoms with Crippen molar-refractivity contribution in [2.24, 2.45) is 0 Å². The predicted molar refractivity (Wildman–Crippen MR) is 47.5 cm³/mol. The minimum atomic E-state index is -4.70. The van der Waals surface area contributed by atoms with E-state index in [1.54, 1.807) is 0 Å². The first kappa shape index (κ1) is 12.3. The van der Waals surface area contributed by atoms with Crippen LogP contribution in [0.2, 0.25) is 0 Å². The zero-order chi connectivity index (χ0) is 12.5. The molecule has 0 saturated heterocycles. The summed E-state index contributed by atoms with van der Waals surface area (Å²) in [6, 6.07) is 0.517. The van der Waals surface area contributed by atoms with Crippen molar-refractivity contribution in [2.45, 2.75) is 13.1 Å². The summed E-state index contributed by atoms with van der Waals surface area (Å²) in [5, 5.41) is 8.67. The van der Waals surface area contributed by atoms with Crippen LogP contribution in [0.4, 0.5) is 13.2 Å². The molecular formula is C9H8F3NO3.